The van der Waals surface area contributed by atoms with E-state index in [0.717, 1.165) is 68.1 Å². The van der Waals surface area contributed by atoms with Gasteiger partial charge in [0, 0.05) is 47.6 Å². The summed E-state index contributed by atoms with van der Waals surface area (Å²) < 4.78 is 2.20. The molecule has 0 saturated carbocycles. The van der Waals surface area contributed by atoms with Gasteiger partial charge >= 0.3 is 6.03 Å². The van der Waals surface area contributed by atoms with Crippen LogP contribution in [-0.2, 0) is 0 Å². The highest BCUT2D eigenvalue weighted by molar-refractivity contribution is 6.30. The zero-order valence-electron chi connectivity index (χ0n) is 18.5. The highest BCUT2D eigenvalue weighted by atomic mass is 35.5. The van der Waals surface area contributed by atoms with E-state index < -0.39 is 0 Å². The van der Waals surface area contributed by atoms with E-state index in [0.29, 0.717) is 12.0 Å². The Morgan fingerprint density at radius 2 is 1.75 bits per heavy atom. The van der Waals surface area contributed by atoms with Gasteiger partial charge in [-0.3, -0.25) is 4.98 Å². The Kier molecular flexibility index (Phi) is 6.07. The van der Waals surface area contributed by atoms with E-state index in [1.165, 1.54) is 10.9 Å². The van der Waals surface area contributed by atoms with Gasteiger partial charge in [-0.15, -0.1) is 0 Å². The number of rotatable bonds is 3. The van der Waals surface area contributed by atoms with E-state index in [9.17, 15) is 4.79 Å². The Balaban J connectivity index is 1.29. The number of hydrogen-bond donors (Lipinski definition) is 1. The lowest BCUT2D eigenvalue weighted by molar-refractivity contribution is 0.168. The fourth-order valence-corrected chi connectivity index (χ4v) is 5.18. The van der Waals surface area contributed by atoms with E-state index in [-0.39, 0.29) is 6.03 Å². The summed E-state index contributed by atoms with van der Waals surface area (Å²) in [5.74, 6) is 0.431. The molecule has 4 heterocycles. The monoisotopic (exact) mass is 451 g/mol. The second-order valence-electron chi connectivity index (χ2n) is 9.11. The van der Waals surface area contributed by atoms with Crippen molar-refractivity contribution in [2.24, 2.45) is 0 Å². The van der Waals surface area contributed by atoms with Gasteiger partial charge < -0.3 is 19.7 Å². The first kappa shape index (κ1) is 21.3. The first-order valence-corrected chi connectivity index (χ1v) is 11.9. The Hall–Kier alpha value is -2.57. The van der Waals surface area contributed by atoms with Crippen LogP contribution >= 0.6 is 11.6 Å². The molecule has 0 bridgehead atoms. The van der Waals surface area contributed by atoms with Crippen LogP contribution in [0.3, 0.4) is 0 Å². The molecule has 7 heteroatoms. The maximum atomic E-state index is 12.8. The van der Waals surface area contributed by atoms with Gasteiger partial charge in [-0.05, 0) is 87.6 Å². The standard InChI is InChI=1S/C25H30ClN5O/c1-29-12-9-20(10-13-29)28-25(32)30-14-7-18(8-15-30)23-17-31(21-4-2-19(26)3-5-21)24-16-27-11-6-22(23)24/h2-6,11,16-18,20H,7-10,12-15H2,1H3,(H,28,32). The van der Waals surface area contributed by atoms with E-state index in [1.807, 2.05) is 41.6 Å². The number of benzene rings is 1. The molecule has 1 aromatic carbocycles. The Morgan fingerprint density at radius 3 is 2.47 bits per heavy atom. The van der Waals surface area contributed by atoms with Crippen molar-refractivity contribution in [3.63, 3.8) is 0 Å². The number of likely N-dealkylation sites (tertiary alicyclic amines) is 2. The number of fused-ring (bicyclic) bond motifs is 1. The molecule has 0 spiro atoms. The van der Waals surface area contributed by atoms with Gasteiger partial charge in [0.25, 0.3) is 0 Å². The lowest BCUT2D eigenvalue weighted by atomic mass is 9.89. The number of nitrogens with one attached hydrogen (secondary N) is 1. The van der Waals surface area contributed by atoms with Crippen LogP contribution in [0.1, 0.15) is 37.2 Å². The average Bonchev–Trinajstić information content (AvgIpc) is 3.21. The van der Waals surface area contributed by atoms with Gasteiger partial charge in [0.15, 0.2) is 0 Å². The number of aromatic nitrogens is 2. The molecule has 0 atom stereocenters. The normalized spacial score (nSPS) is 18.9. The van der Waals surface area contributed by atoms with Gasteiger partial charge in [0.05, 0.1) is 11.7 Å². The minimum Gasteiger partial charge on any atom is -0.335 e. The third-order valence-electron chi connectivity index (χ3n) is 7.01. The van der Waals surface area contributed by atoms with Gasteiger partial charge in [0.1, 0.15) is 0 Å². The molecule has 0 aliphatic carbocycles. The number of amides is 2. The molecule has 2 aliphatic heterocycles. The third-order valence-corrected chi connectivity index (χ3v) is 7.26. The van der Waals surface area contributed by atoms with E-state index in [1.54, 1.807) is 0 Å². The smallest absolute Gasteiger partial charge is 0.317 e. The second kappa shape index (κ2) is 9.12. The molecule has 0 radical (unpaired) electrons. The second-order valence-corrected chi connectivity index (χ2v) is 9.55. The summed E-state index contributed by atoms with van der Waals surface area (Å²) in [5, 5.41) is 5.23. The summed E-state index contributed by atoms with van der Waals surface area (Å²) in [6.45, 7) is 3.70. The Labute approximate surface area is 194 Å². The summed E-state index contributed by atoms with van der Waals surface area (Å²) in [6.07, 6.45) is 10.1. The largest absolute Gasteiger partial charge is 0.335 e. The van der Waals surface area contributed by atoms with Crippen molar-refractivity contribution >= 4 is 28.5 Å². The van der Waals surface area contributed by atoms with E-state index >= 15 is 0 Å². The van der Waals surface area contributed by atoms with Crippen LogP contribution in [-0.4, -0.2) is 64.7 Å². The number of hydrogen-bond acceptors (Lipinski definition) is 3. The van der Waals surface area contributed by atoms with Gasteiger partial charge in [-0.25, -0.2) is 4.79 Å². The first-order valence-electron chi connectivity index (χ1n) is 11.5. The van der Waals surface area contributed by atoms with Gasteiger partial charge in [-0.1, -0.05) is 11.6 Å². The lowest BCUT2D eigenvalue weighted by Gasteiger charge is -2.35. The molecule has 2 amide bonds. The molecule has 168 valence electrons. The molecular weight excluding hydrogens is 422 g/mol. The zero-order chi connectivity index (χ0) is 22.1. The van der Waals surface area contributed by atoms with E-state index in [2.05, 4.69) is 39.1 Å². The summed E-state index contributed by atoms with van der Waals surface area (Å²) >= 11 is 6.09. The minimum absolute atomic E-state index is 0.103. The van der Waals surface area contributed by atoms with Crippen LogP contribution in [0.4, 0.5) is 4.79 Å². The van der Waals surface area contributed by atoms with Crippen molar-refractivity contribution in [3.05, 3.63) is 59.5 Å². The highest BCUT2D eigenvalue weighted by Gasteiger charge is 2.28. The predicted octanol–water partition coefficient (Wildman–Crippen LogP) is 4.66. The summed E-state index contributed by atoms with van der Waals surface area (Å²) in [7, 11) is 2.14. The third kappa shape index (κ3) is 4.34. The minimum atomic E-state index is 0.103. The summed E-state index contributed by atoms with van der Waals surface area (Å²) in [6, 6.07) is 10.4. The van der Waals surface area contributed by atoms with Crippen molar-refractivity contribution in [2.45, 2.75) is 37.6 Å². The molecule has 5 rings (SSSR count). The van der Waals surface area contributed by atoms with Gasteiger partial charge in [0.2, 0.25) is 0 Å². The highest BCUT2D eigenvalue weighted by Crippen LogP contribution is 2.35. The van der Waals surface area contributed by atoms with Crippen molar-refractivity contribution in [3.8, 4) is 5.69 Å². The van der Waals surface area contributed by atoms with Crippen LogP contribution in [0.15, 0.2) is 48.9 Å². The molecule has 3 aromatic rings. The molecular formula is C25H30ClN5O. The van der Waals surface area contributed by atoms with Crippen LogP contribution in [0.25, 0.3) is 16.6 Å². The average molecular weight is 452 g/mol. The predicted molar refractivity (Wildman–Crippen MR) is 129 cm³/mol. The first-order chi connectivity index (χ1) is 15.6. The van der Waals surface area contributed by atoms with Gasteiger partial charge in [-0.2, -0.15) is 0 Å². The van der Waals surface area contributed by atoms with Crippen molar-refractivity contribution < 1.29 is 4.79 Å². The summed E-state index contributed by atoms with van der Waals surface area (Å²) in [5.41, 5.74) is 3.52. The Bertz CT molecular complexity index is 1080. The topological polar surface area (TPSA) is 53.4 Å². The zero-order valence-corrected chi connectivity index (χ0v) is 19.3. The molecule has 2 aliphatic rings. The maximum Gasteiger partial charge on any atom is 0.317 e. The number of urea groups is 1. The summed E-state index contributed by atoms with van der Waals surface area (Å²) in [4.78, 5) is 21.5. The molecule has 2 fully saturated rings. The number of carbonyl (C=O) groups excluding carboxylic acids is 1. The van der Waals surface area contributed by atoms with Crippen LogP contribution in [0.2, 0.25) is 5.02 Å². The number of pyridine rings is 1. The molecule has 6 nitrogen and oxygen atoms in total. The lowest BCUT2D eigenvalue weighted by Crippen LogP contribution is -2.50. The van der Waals surface area contributed by atoms with E-state index in [4.69, 9.17) is 11.6 Å². The molecule has 32 heavy (non-hydrogen) atoms. The molecule has 1 N–H and O–H groups in total. The van der Waals surface area contributed by atoms with Crippen LogP contribution in [0.5, 0.6) is 0 Å². The van der Waals surface area contributed by atoms with Crippen molar-refractivity contribution in [2.75, 3.05) is 33.2 Å². The fraction of sp³-hybridized carbons (Fsp3) is 0.440. The number of halogens is 1. The molecule has 2 saturated heterocycles. The Morgan fingerprint density at radius 1 is 1.03 bits per heavy atom. The van der Waals surface area contributed by atoms with Crippen molar-refractivity contribution in [1.29, 1.82) is 0 Å². The van der Waals surface area contributed by atoms with Crippen molar-refractivity contribution in [1.82, 2.24) is 24.7 Å². The number of carbonyl (C=O) groups is 1. The molecule has 2 aromatic heterocycles. The van der Waals surface area contributed by atoms with Crippen LogP contribution < -0.4 is 5.32 Å². The SMILES string of the molecule is CN1CCC(NC(=O)N2CCC(c3cn(-c4ccc(Cl)cc4)c4cnccc34)CC2)CC1. The number of nitrogens with zero attached hydrogens (tertiary/aromatic N) is 4. The fourth-order valence-electron chi connectivity index (χ4n) is 5.05. The van der Waals surface area contributed by atoms with Crippen LogP contribution in [0, 0.1) is 0 Å². The molecule has 0 unspecified atom stereocenters. The maximum absolute atomic E-state index is 12.8. The number of piperidine rings is 2. The quantitative estimate of drug-likeness (QED) is 0.630.